The molecule has 1 atom stereocenters. The first-order valence-corrected chi connectivity index (χ1v) is 7.75. The van der Waals surface area contributed by atoms with E-state index in [4.69, 9.17) is 4.74 Å². The van der Waals surface area contributed by atoms with Crippen LogP contribution in [0, 0.1) is 6.92 Å². The van der Waals surface area contributed by atoms with E-state index in [1.54, 1.807) is 7.11 Å². The monoisotopic (exact) mass is 290 g/mol. The van der Waals surface area contributed by atoms with Crippen LogP contribution in [0.1, 0.15) is 24.0 Å². The molecule has 4 nitrogen and oxygen atoms in total. The number of amides is 1. The van der Waals surface area contributed by atoms with E-state index >= 15 is 0 Å². The molecule has 1 amide bonds. The average molecular weight is 290 g/mol. The van der Waals surface area contributed by atoms with Gasteiger partial charge in [0.15, 0.2) is 0 Å². The minimum Gasteiger partial charge on any atom is -0.383 e. The van der Waals surface area contributed by atoms with Crippen LogP contribution >= 0.6 is 0 Å². The van der Waals surface area contributed by atoms with E-state index in [1.807, 2.05) is 23.1 Å². The number of ether oxygens (including phenoxy) is 1. The molecule has 1 aliphatic rings. The van der Waals surface area contributed by atoms with Crippen molar-refractivity contribution in [3.8, 4) is 0 Å². The molecule has 1 aliphatic heterocycles. The standard InChI is InChI=1S/C17H26N2O2/c1-14-6-3-4-7-15(14)12-17(20)19(10-11-21-2)13-16-8-5-9-18-16/h3-4,6-7,16,18H,5,8-13H2,1-2H3. The van der Waals surface area contributed by atoms with E-state index in [0.717, 1.165) is 25.1 Å². The number of benzene rings is 1. The minimum atomic E-state index is 0.190. The molecule has 1 fully saturated rings. The normalized spacial score (nSPS) is 17.9. The highest BCUT2D eigenvalue weighted by atomic mass is 16.5. The van der Waals surface area contributed by atoms with Gasteiger partial charge in [-0.2, -0.15) is 0 Å². The third kappa shape index (κ3) is 4.83. The molecule has 116 valence electrons. The molecule has 0 aliphatic carbocycles. The molecule has 1 N–H and O–H groups in total. The maximum absolute atomic E-state index is 12.6. The molecule has 21 heavy (non-hydrogen) atoms. The Morgan fingerprint density at radius 2 is 2.24 bits per heavy atom. The van der Waals surface area contributed by atoms with Crippen molar-refractivity contribution in [2.45, 2.75) is 32.2 Å². The number of methoxy groups -OCH3 is 1. The molecule has 0 saturated carbocycles. The molecule has 0 aromatic heterocycles. The second kappa shape index (κ2) is 8.15. The van der Waals surface area contributed by atoms with Crippen LogP contribution in [0.2, 0.25) is 0 Å². The third-order valence-electron chi connectivity index (χ3n) is 4.12. The number of hydrogen-bond acceptors (Lipinski definition) is 3. The van der Waals surface area contributed by atoms with Crippen molar-refractivity contribution in [1.29, 1.82) is 0 Å². The summed E-state index contributed by atoms with van der Waals surface area (Å²) in [6, 6.07) is 8.53. The summed E-state index contributed by atoms with van der Waals surface area (Å²) in [6.07, 6.45) is 2.83. The van der Waals surface area contributed by atoms with Crippen LogP contribution in [0.5, 0.6) is 0 Å². The fraction of sp³-hybridized carbons (Fsp3) is 0.588. The Bertz CT molecular complexity index is 456. The van der Waals surface area contributed by atoms with Gasteiger partial charge in [0, 0.05) is 26.2 Å². The number of nitrogens with zero attached hydrogens (tertiary/aromatic N) is 1. The summed E-state index contributed by atoms with van der Waals surface area (Å²) in [6.45, 7) is 5.16. The maximum atomic E-state index is 12.6. The smallest absolute Gasteiger partial charge is 0.227 e. The number of hydrogen-bond donors (Lipinski definition) is 1. The van der Waals surface area contributed by atoms with Gasteiger partial charge >= 0.3 is 0 Å². The van der Waals surface area contributed by atoms with Crippen LogP contribution in [0.4, 0.5) is 0 Å². The lowest BCUT2D eigenvalue weighted by molar-refractivity contribution is -0.131. The van der Waals surface area contributed by atoms with Crippen molar-refractivity contribution in [2.75, 3.05) is 33.4 Å². The second-order valence-corrected chi connectivity index (χ2v) is 5.73. The number of rotatable bonds is 7. The summed E-state index contributed by atoms with van der Waals surface area (Å²) in [5, 5.41) is 3.46. The van der Waals surface area contributed by atoms with Crippen LogP contribution in [0.15, 0.2) is 24.3 Å². The molecule has 2 rings (SSSR count). The minimum absolute atomic E-state index is 0.190. The first kappa shape index (κ1) is 16.0. The fourth-order valence-corrected chi connectivity index (χ4v) is 2.78. The Morgan fingerprint density at radius 1 is 1.43 bits per heavy atom. The van der Waals surface area contributed by atoms with E-state index in [9.17, 15) is 4.79 Å². The molecular formula is C17H26N2O2. The van der Waals surface area contributed by atoms with Crippen LogP contribution in [0.25, 0.3) is 0 Å². The van der Waals surface area contributed by atoms with Crippen molar-refractivity contribution in [3.05, 3.63) is 35.4 Å². The molecule has 0 bridgehead atoms. The second-order valence-electron chi connectivity index (χ2n) is 5.73. The predicted molar refractivity (Wildman–Crippen MR) is 84.4 cm³/mol. The zero-order valence-corrected chi connectivity index (χ0v) is 13.1. The predicted octanol–water partition coefficient (Wildman–Crippen LogP) is 1.76. The van der Waals surface area contributed by atoms with Gasteiger partial charge < -0.3 is 15.0 Å². The summed E-state index contributed by atoms with van der Waals surface area (Å²) in [7, 11) is 1.68. The fourth-order valence-electron chi connectivity index (χ4n) is 2.78. The van der Waals surface area contributed by atoms with E-state index in [-0.39, 0.29) is 5.91 Å². The summed E-state index contributed by atoms with van der Waals surface area (Å²) >= 11 is 0. The van der Waals surface area contributed by atoms with Gasteiger partial charge in [-0.15, -0.1) is 0 Å². The summed E-state index contributed by atoms with van der Waals surface area (Å²) in [5.41, 5.74) is 2.29. The molecule has 1 aromatic carbocycles. The van der Waals surface area contributed by atoms with Gasteiger partial charge in [-0.3, -0.25) is 4.79 Å². The molecule has 1 aromatic rings. The highest BCUT2D eigenvalue weighted by molar-refractivity contribution is 5.79. The van der Waals surface area contributed by atoms with Gasteiger partial charge in [-0.05, 0) is 37.4 Å². The maximum Gasteiger partial charge on any atom is 0.227 e. The molecule has 1 heterocycles. The zero-order valence-electron chi connectivity index (χ0n) is 13.1. The lowest BCUT2D eigenvalue weighted by atomic mass is 10.1. The lowest BCUT2D eigenvalue weighted by Crippen LogP contribution is -2.43. The Kier molecular flexibility index (Phi) is 6.21. The third-order valence-corrected chi connectivity index (χ3v) is 4.12. The molecular weight excluding hydrogens is 264 g/mol. The van der Waals surface area contributed by atoms with E-state index in [0.29, 0.717) is 25.6 Å². The van der Waals surface area contributed by atoms with Crippen molar-refractivity contribution in [3.63, 3.8) is 0 Å². The van der Waals surface area contributed by atoms with Gasteiger partial charge in [-0.25, -0.2) is 0 Å². The number of carbonyl (C=O) groups excluding carboxylic acids is 1. The zero-order chi connectivity index (χ0) is 15.1. The van der Waals surface area contributed by atoms with Gasteiger partial charge in [0.05, 0.1) is 13.0 Å². The van der Waals surface area contributed by atoms with E-state index in [1.165, 1.54) is 12.0 Å². The van der Waals surface area contributed by atoms with Crippen molar-refractivity contribution < 1.29 is 9.53 Å². The largest absolute Gasteiger partial charge is 0.383 e. The summed E-state index contributed by atoms with van der Waals surface area (Å²) in [5.74, 6) is 0.190. The van der Waals surface area contributed by atoms with Crippen LogP contribution < -0.4 is 5.32 Å². The molecule has 0 radical (unpaired) electrons. The Morgan fingerprint density at radius 3 is 2.90 bits per heavy atom. The Labute approximate surface area is 127 Å². The van der Waals surface area contributed by atoms with Crippen molar-refractivity contribution in [2.24, 2.45) is 0 Å². The average Bonchev–Trinajstić information content (AvgIpc) is 2.98. The Balaban J connectivity index is 1.97. The van der Waals surface area contributed by atoms with Gasteiger partial charge in [0.2, 0.25) is 5.91 Å². The van der Waals surface area contributed by atoms with Crippen molar-refractivity contribution >= 4 is 5.91 Å². The topological polar surface area (TPSA) is 41.6 Å². The van der Waals surface area contributed by atoms with Crippen LogP contribution in [-0.4, -0.2) is 50.2 Å². The highest BCUT2D eigenvalue weighted by Gasteiger charge is 2.21. The van der Waals surface area contributed by atoms with Crippen molar-refractivity contribution in [1.82, 2.24) is 10.2 Å². The van der Waals surface area contributed by atoms with E-state index < -0.39 is 0 Å². The van der Waals surface area contributed by atoms with Crippen LogP contribution in [-0.2, 0) is 16.0 Å². The first-order valence-electron chi connectivity index (χ1n) is 7.75. The van der Waals surface area contributed by atoms with Gasteiger partial charge in [0.25, 0.3) is 0 Å². The van der Waals surface area contributed by atoms with Crippen LogP contribution in [0.3, 0.4) is 0 Å². The highest BCUT2D eigenvalue weighted by Crippen LogP contribution is 2.12. The quantitative estimate of drug-likeness (QED) is 0.832. The SMILES string of the molecule is COCCN(CC1CCCN1)C(=O)Cc1ccccc1C. The molecule has 4 heteroatoms. The number of nitrogens with one attached hydrogen (secondary N) is 1. The van der Waals surface area contributed by atoms with Gasteiger partial charge in [-0.1, -0.05) is 24.3 Å². The van der Waals surface area contributed by atoms with Gasteiger partial charge in [0.1, 0.15) is 0 Å². The molecule has 1 unspecified atom stereocenters. The number of carbonyl (C=O) groups is 1. The molecule has 1 saturated heterocycles. The first-order chi connectivity index (χ1) is 10.2. The molecule has 0 spiro atoms. The summed E-state index contributed by atoms with van der Waals surface area (Å²) < 4.78 is 5.15. The lowest BCUT2D eigenvalue weighted by Gasteiger charge is -2.26. The Hall–Kier alpha value is -1.39. The number of aryl methyl sites for hydroxylation is 1. The summed E-state index contributed by atoms with van der Waals surface area (Å²) in [4.78, 5) is 14.5. The van der Waals surface area contributed by atoms with E-state index in [2.05, 4.69) is 18.3 Å².